The number of carbonyl (C=O) groups excluding carboxylic acids is 1. The predicted molar refractivity (Wildman–Crippen MR) is 107 cm³/mol. The zero-order chi connectivity index (χ0) is 18.5. The van der Waals surface area contributed by atoms with E-state index in [4.69, 9.17) is 9.47 Å². The van der Waals surface area contributed by atoms with Crippen LogP contribution >= 0.6 is 11.8 Å². The lowest BCUT2D eigenvalue weighted by Crippen LogP contribution is -2.31. The predicted octanol–water partition coefficient (Wildman–Crippen LogP) is 4.64. The molecule has 1 heterocycles. The molecular weight excluding hydrogens is 348 g/mol. The highest BCUT2D eigenvalue weighted by molar-refractivity contribution is 8.16. The van der Waals surface area contributed by atoms with Crippen molar-refractivity contribution in [1.29, 1.82) is 0 Å². The van der Waals surface area contributed by atoms with Crippen LogP contribution < -0.4 is 14.4 Å². The Morgan fingerprint density at radius 1 is 0.962 bits per heavy atom. The van der Waals surface area contributed by atoms with Crippen molar-refractivity contribution in [3.05, 3.63) is 48.5 Å². The lowest BCUT2D eigenvalue weighted by atomic mass is 10.2. The van der Waals surface area contributed by atoms with Gasteiger partial charge in [0.2, 0.25) is 5.91 Å². The second kappa shape index (κ2) is 8.27. The number of rotatable bonds is 6. The van der Waals surface area contributed by atoms with Crippen molar-refractivity contribution in [2.24, 2.45) is 4.99 Å². The number of anilines is 1. The largest absolute Gasteiger partial charge is 0.494 e. The molecule has 2 aromatic rings. The van der Waals surface area contributed by atoms with Crippen LogP contribution in [0.4, 0.5) is 11.4 Å². The molecule has 0 bridgehead atoms. The van der Waals surface area contributed by atoms with Crippen LogP contribution in [0.5, 0.6) is 11.5 Å². The van der Waals surface area contributed by atoms with Crippen LogP contribution in [-0.4, -0.2) is 29.5 Å². The monoisotopic (exact) mass is 370 g/mol. The first-order valence-electron chi connectivity index (χ1n) is 8.67. The number of benzene rings is 2. The van der Waals surface area contributed by atoms with Gasteiger partial charge in [0.25, 0.3) is 0 Å². The van der Waals surface area contributed by atoms with Crippen LogP contribution in [0.3, 0.4) is 0 Å². The molecule has 0 spiro atoms. The summed E-state index contributed by atoms with van der Waals surface area (Å²) in [5.74, 6) is 1.63. The average Bonchev–Trinajstić information content (AvgIpc) is 2.92. The minimum Gasteiger partial charge on any atom is -0.494 e. The number of nitrogens with zero attached hydrogens (tertiary/aromatic N) is 2. The lowest BCUT2D eigenvalue weighted by Gasteiger charge is -2.17. The lowest BCUT2D eigenvalue weighted by molar-refractivity contribution is -0.116. The summed E-state index contributed by atoms with van der Waals surface area (Å²) in [4.78, 5) is 19.0. The Balaban J connectivity index is 1.87. The fraction of sp³-hybridized carbons (Fsp3) is 0.300. The summed E-state index contributed by atoms with van der Waals surface area (Å²) in [7, 11) is 0. The van der Waals surface area contributed by atoms with Crippen molar-refractivity contribution in [2.45, 2.75) is 26.0 Å². The number of hydrogen-bond donors (Lipinski definition) is 0. The Morgan fingerprint density at radius 2 is 1.50 bits per heavy atom. The third kappa shape index (κ3) is 4.02. The van der Waals surface area contributed by atoms with Crippen molar-refractivity contribution in [3.8, 4) is 11.5 Å². The molecule has 26 heavy (non-hydrogen) atoms. The van der Waals surface area contributed by atoms with Gasteiger partial charge in [-0.15, -0.1) is 0 Å². The van der Waals surface area contributed by atoms with E-state index >= 15 is 0 Å². The number of carbonyl (C=O) groups is 1. The van der Waals surface area contributed by atoms with Gasteiger partial charge in [-0.25, -0.2) is 4.99 Å². The maximum Gasteiger partial charge on any atom is 0.246 e. The first-order chi connectivity index (χ1) is 12.6. The molecule has 3 rings (SSSR count). The Morgan fingerprint density at radius 3 is 2.04 bits per heavy atom. The number of aliphatic imine (C=N–C) groups is 1. The summed E-state index contributed by atoms with van der Waals surface area (Å²) in [5, 5.41) is 0.513. The highest BCUT2D eigenvalue weighted by Crippen LogP contribution is 2.34. The standard InChI is InChI=1S/C20H22N2O3S/c1-4-24-17-10-6-15(7-11-17)21-20-22(19(23)14(3)26-20)16-8-12-18(13-9-16)25-5-2/h6-14H,4-5H2,1-3H3/t14-/m1/s1. The first kappa shape index (κ1) is 18.3. The fourth-order valence-electron chi connectivity index (χ4n) is 2.60. The smallest absolute Gasteiger partial charge is 0.246 e. The molecular formula is C20H22N2O3S. The highest BCUT2D eigenvalue weighted by atomic mass is 32.2. The Hall–Kier alpha value is -2.47. The van der Waals surface area contributed by atoms with Gasteiger partial charge in [0, 0.05) is 0 Å². The molecule has 0 unspecified atom stereocenters. The van der Waals surface area contributed by atoms with Crippen LogP contribution in [0.15, 0.2) is 53.5 Å². The minimum absolute atomic E-state index is 0.0313. The summed E-state index contributed by atoms with van der Waals surface area (Å²) < 4.78 is 10.9. The van der Waals surface area contributed by atoms with E-state index in [2.05, 4.69) is 4.99 Å². The SMILES string of the molecule is CCOc1ccc(N=C2S[C@H](C)C(=O)N2c2ccc(OCC)cc2)cc1. The molecule has 0 aliphatic carbocycles. The van der Waals surface area contributed by atoms with Gasteiger partial charge in [-0.1, -0.05) is 11.8 Å². The van der Waals surface area contributed by atoms with Crippen LogP contribution in [0.25, 0.3) is 0 Å². The summed E-state index contributed by atoms with van der Waals surface area (Å²) >= 11 is 1.46. The molecule has 0 aromatic heterocycles. The molecule has 1 fully saturated rings. The van der Waals surface area contributed by atoms with Crippen molar-refractivity contribution in [2.75, 3.05) is 18.1 Å². The van der Waals surface area contributed by atoms with Crippen molar-refractivity contribution < 1.29 is 14.3 Å². The van der Waals surface area contributed by atoms with Gasteiger partial charge in [0.15, 0.2) is 5.17 Å². The van der Waals surface area contributed by atoms with Gasteiger partial charge in [0.1, 0.15) is 11.5 Å². The fourth-order valence-corrected chi connectivity index (χ4v) is 3.58. The van der Waals surface area contributed by atoms with Crippen molar-refractivity contribution in [1.82, 2.24) is 0 Å². The van der Waals surface area contributed by atoms with Gasteiger partial charge in [-0.2, -0.15) is 0 Å². The van der Waals surface area contributed by atoms with E-state index in [1.165, 1.54) is 11.8 Å². The summed E-state index contributed by atoms with van der Waals surface area (Å²) in [6, 6.07) is 15.1. The minimum atomic E-state index is -0.164. The number of ether oxygens (including phenoxy) is 2. The number of thioether (sulfide) groups is 1. The third-order valence-electron chi connectivity index (χ3n) is 3.82. The maximum atomic E-state index is 12.6. The van der Waals surface area contributed by atoms with Crippen molar-refractivity contribution >= 4 is 34.2 Å². The molecule has 136 valence electrons. The normalized spacial score (nSPS) is 18.4. The average molecular weight is 370 g/mol. The molecule has 1 atom stereocenters. The van der Waals surface area contributed by atoms with E-state index in [1.54, 1.807) is 4.90 Å². The van der Waals surface area contributed by atoms with Gasteiger partial charge in [-0.3, -0.25) is 9.69 Å². The number of amidine groups is 1. The number of amides is 1. The highest BCUT2D eigenvalue weighted by Gasteiger charge is 2.36. The molecule has 2 aromatic carbocycles. The molecule has 5 nitrogen and oxygen atoms in total. The van der Waals surface area contributed by atoms with Crippen LogP contribution in [0.2, 0.25) is 0 Å². The molecule has 6 heteroatoms. The zero-order valence-electron chi connectivity index (χ0n) is 15.1. The van der Waals surface area contributed by atoms with Gasteiger partial charge in [0.05, 0.1) is 29.8 Å². The van der Waals surface area contributed by atoms with E-state index in [0.717, 1.165) is 22.9 Å². The van der Waals surface area contributed by atoms with E-state index in [9.17, 15) is 4.79 Å². The summed E-state index contributed by atoms with van der Waals surface area (Å²) in [6.45, 7) is 7.03. The molecule has 1 aliphatic rings. The Labute approximate surface area is 158 Å². The van der Waals surface area contributed by atoms with E-state index in [-0.39, 0.29) is 11.2 Å². The Bertz CT molecular complexity index is 788. The van der Waals surface area contributed by atoms with Gasteiger partial charge < -0.3 is 9.47 Å². The van der Waals surface area contributed by atoms with Crippen LogP contribution in [0.1, 0.15) is 20.8 Å². The van der Waals surface area contributed by atoms with Crippen LogP contribution in [-0.2, 0) is 4.79 Å². The Kier molecular flexibility index (Phi) is 5.83. The second-order valence-corrected chi connectivity index (χ2v) is 6.99. The molecule has 0 saturated carbocycles. The third-order valence-corrected chi connectivity index (χ3v) is 4.86. The first-order valence-corrected chi connectivity index (χ1v) is 9.55. The van der Waals surface area contributed by atoms with Crippen LogP contribution in [0, 0.1) is 0 Å². The summed E-state index contributed by atoms with van der Waals surface area (Å²) in [6.07, 6.45) is 0. The van der Waals surface area contributed by atoms with Gasteiger partial charge >= 0.3 is 0 Å². The molecule has 1 amide bonds. The van der Waals surface area contributed by atoms with E-state index < -0.39 is 0 Å². The summed E-state index contributed by atoms with van der Waals surface area (Å²) in [5.41, 5.74) is 1.58. The molecule has 0 radical (unpaired) electrons. The topological polar surface area (TPSA) is 51.1 Å². The quantitative estimate of drug-likeness (QED) is 0.743. The second-order valence-electron chi connectivity index (χ2n) is 5.68. The molecule has 1 saturated heterocycles. The number of hydrogen-bond acceptors (Lipinski definition) is 5. The van der Waals surface area contributed by atoms with Crippen molar-refractivity contribution in [3.63, 3.8) is 0 Å². The molecule has 0 N–H and O–H groups in total. The molecule has 1 aliphatic heterocycles. The van der Waals surface area contributed by atoms with E-state index in [0.29, 0.717) is 18.4 Å². The van der Waals surface area contributed by atoms with Gasteiger partial charge in [-0.05, 0) is 69.3 Å². The van der Waals surface area contributed by atoms with E-state index in [1.807, 2.05) is 69.3 Å². The maximum absolute atomic E-state index is 12.6. The zero-order valence-corrected chi connectivity index (χ0v) is 16.0.